The van der Waals surface area contributed by atoms with Gasteiger partial charge in [0.05, 0.1) is 11.2 Å². The first-order valence-corrected chi connectivity index (χ1v) is 10.7. The molecule has 2 aromatic carbocycles. The summed E-state index contributed by atoms with van der Waals surface area (Å²) < 4.78 is 1.89. The number of aryl methyl sites for hydroxylation is 2. The van der Waals surface area contributed by atoms with E-state index in [9.17, 15) is 4.79 Å². The van der Waals surface area contributed by atoms with Crippen molar-refractivity contribution in [2.75, 3.05) is 0 Å². The second-order valence-corrected chi connectivity index (χ2v) is 7.96. The van der Waals surface area contributed by atoms with Gasteiger partial charge in [0.1, 0.15) is 0 Å². The van der Waals surface area contributed by atoms with Crippen molar-refractivity contribution in [2.45, 2.75) is 33.2 Å². The largest absolute Gasteiger partial charge is 0.352 e. The number of hydrogen-bond donors (Lipinski definition) is 2. The van der Waals surface area contributed by atoms with Crippen molar-refractivity contribution < 1.29 is 4.79 Å². The lowest BCUT2D eigenvalue weighted by atomic mass is 10.1. The van der Waals surface area contributed by atoms with Crippen molar-refractivity contribution in [1.82, 2.24) is 30.1 Å². The standard InChI is InChI=1S/C25H24N6O/c1-16-20(17(2)31-25(28-16)21-5-3-4-6-23(21)30-31)11-12-24(32)26-15-18-7-9-19(10-8-18)22-13-14-27-29-22/h3-10,13-14H,11-12,15H2,1-2H3,(H,26,32)(H,27,29). The average molecular weight is 425 g/mol. The van der Waals surface area contributed by atoms with E-state index in [0.29, 0.717) is 19.4 Å². The highest BCUT2D eigenvalue weighted by atomic mass is 16.1. The number of nitrogens with zero attached hydrogens (tertiary/aromatic N) is 4. The number of aromatic amines is 1. The summed E-state index contributed by atoms with van der Waals surface area (Å²) in [6.07, 6.45) is 2.76. The number of nitrogens with one attached hydrogen (secondary N) is 2. The van der Waals surface area contributed by atoms with Crippen LogP contribution >= 0.6 is 0 Å². The number of fused-ring (bicyclic) bond motifs is 3. The third-order valence-electron chi connectivity index (χ3n) is 5.88. The summed E-state index contributed by atoms with van der Waals surface area (Å²) in [5.74, 6) is 0.0205. The van der Waals surface area contributed by atoms with Crippen LogP contribution in [0.5, 0.6) is 0 Å². The van der Waals surface area contributed by atoms with Gasteiger partial charge in [0.15, 0.2) is 5.65 Å². The van der Waals surface area contributed by atoms with Gasteiger partial charge in [0.25, 0.3) is 0 Å². The third kappa shape index (κ3) is 3.73. The number of hydrogen-bond acceptors (Lipinski definition) is 4. The minimum atomic E-state index is 0.0205. The van der Waals surface area contributed by atoms with Gasteiger partial charge in [0.2, 0.25) is 5.91 Å². The van der Waals surface area contributed by atoms with Crippen molar-refractivity contribution in [2.24, 2.45) is 0 Å². The average Bonchev–Trinajstić information content (AvgIpc) is 3.47. The van der Waals surface area contributed by atoms with Crippen LogP contribution in [0.25, 0.3) is 27.8 Å². The Morgan fingerprint density at radius 3 is 2.66 bits per heavy atom. The molecule has 0 unspecified atom stereocenters. The normalized spacial score (nSPS) is 11.3. The minimum absolute atomic E-state index is 0.0205. The van der Waals surface area contributed by atoms with Gasteiger partial charge in [-0.05, 0) is 55.2 Å². The van der Waals surface area contributed by atoms with E-state index in [0.717, 1.165) is 50.3 Å². The number of aromatic nitrogens is 5. The summed E-state index contributed by atoms with van der Waals surface area (Å²) in [5, 5.41) is 15.7. The molecule has 0 saturated heterocycles. The van der Waals surface area contributed by atoms with Crippen molar-refractivity contribution in [3.05, 3.63) is 83.3 Å². The number of carbonyl (C=O) groups excluding carboxylic acids is 1. The highest BCUT2D eigenvalue weighted by molar-refractivity contribution is 5.92. The van der Waals surface area contributed by atoms with Crippen molar-refractivity contribution >= 4 is 22.5 Å². The van der Waals surface area contributed by atoms with Crippen LogP contribution in [0, 0.1) is 13.8 Å². The van der Waals surface area contributed by atoms with E-state index < -0.39 is 0 Å². The monoisotopic (exact) mass is 424 g/mol. The van der Waals surface area contributed by atoms with Crippen LogP contribution in [0.1, 0.15) is 28.9 Å². The molecule has 2 N–H and O–H groups in total. The highest BCUT2D eigenvalue weighted by Gasteiger charge is 2.15. The predicted octanol–water partition coefficient (Wildman–Crippen LogP) is 4.14. The molecule has 3 aromatic heterocycles. The summed E-state index contributed by atoms with van der Waals surface area (Å²) in [6.45, 7) is 4.55. The van der Waals surface area contributed by atoms with Gasteiger partial charge in [-0.3, -0.25) is 9.89 Å². The van der Waals surface area contributed by atoms with Gasteiger partial charge < -0.3 is 5.32 Å². The highest BCUT2D eigenvalue weighted by Crippen LogP contribution is 2.23. The predicted molar refractivity (Wildman–Crippen MR) is 124 cm³/mol. The van der Waals surface area contributed by atoms with Crippen molar-refractivity contribution in [3.8, 4) is 11.3 Å². The summed E-state index contributed by atoms with van der Waals surface area (Å²) in [5.41, 5.74) is 7.94. The molecule has 0 atom stereocenters. The molecular weight excluding hydrogens is 400 g/mol. The Bertz CT molecular complexity index is 1400. The summed E-state index contributed by atoms with van der Waals surface area (Å²) >= 11 is 0. The van der Waals surface area contributed by atoms with Crippen LogP contribution < -0.4 is 5.32 Å². The molecule has 7 heteroatoms. The van der Waals surface area contributed by atoms with E-state index in [-0.39, 0.29) is 5.91 Å². The summed E-state index contributed by atoms with van der Waals surface area (Å²) in [7, 11) is 0. The maximum Gasteiger partial charge on any atom is 0.220 e. The molecule has 0 aliphatic rings. The van der Waals surface area contributed by atoms with Crippen LogP contribution in [0.4, 0.5) is 0 Å². The Labute approximate surface area is 185 Å². The zero-order valence-electron chi connectivity index (χ0n) is 18.1. The van der Waals surface area contributed by atoms with E-state index >= 15 is 0 Å². The van der Waals surface area contributed by atoms with E-state index in [1.54, 1.807) is 6.20 Å². The minimum Gasteiger partial charge on any atom is -0.352 e. The molecule has 5 rings (SSSR count). The first-order chi connectivity index (χ1) is 15.6. The zero-order valence-corrected chi connectivity index (χ0v) is 18.1. The molecule has 0 spiro atoms. The van der Waals surface area contributed by atoms with Gasteiger partial charge in [0, 0.05) is 35.9 Å². The molecule has 0 saturated carbocycles. The second kappa shape index (κ2) is 8.26. The molecule has 0 fully saturated rings. The van der Waals surface area contributed by atoms with Crippen molar-refractivity contribution in [3.63, 3.8) is 0 Å². The Morgan fingerprint density at radius 1 is 1.06 bits per heavy atom. The van der Waals surface area contributed by atoms with Crippen LogP contribution in [0.15, 0.2) is 60.8 Å². The fraction of sp³-hybridized carbons (Fsp3) is 0.200. The van der Waals surface area contributed by atoms with Gasteiger partial charge in [-0.25, -0.2) is 9.50 Å². The van der Waals surface area contributed by atoms with Gasteiger partial charge in [-0.15, -0.1) is 0 Å². The third-order valence-corrected chi connectivity index (χ3v) is 5.88. The number of amides is 1. The topological polar surface area (TPSA) is 88.0 Å². The van der Waals surface area contributed by atoms with Crippen LogP contribution in [-0.2, 0) is 17.8 Å². The number of benzene rings is 2. The summed E-state index contributed by atoms with van der Waals surface area (Å²) in [6, 6.07) is 18.0. The number of H-pyrrole nitrogens is 1. The van der Waals surface area contributed by atoms with Crippen LogP contribution in [0.2, 0.25) is 0 Å². The SMILES string of the molecule is Cc1nc2c3ccccc3nn2c(C)c1CCC(=O)NCc1ccc(-c2ccn[nH]2)cc1. The fourth-order valence-corrected chi connectivity index (χ4v) is 4.08. The quantitative estimate of drug-likeness (QED) is 0.429. The first kappa shape index (κ1) is 19.9. The van der Waals surface area contributed by atoms with Crippen LogP contribution in [0.3, 0.4) is 0 Å². The van der Waals surface area contributed by atoms with Gasteiger partial charge >= 0.3 is 0 Å². The molecule has 160 valence electrons. The van der Waals surface area contributed by atoms with Crippen molar-refractivity contribution in [1.29, 1.82) is 0 Å². The van der Waals surface area contributed by atoms with E-state index in [4.69, 9.17) is 10.1 Å². The van der Waals surface area contributed by atoms with E-state index in [1.807, 2.05) is 73.0 Å². The Balaban J connectivity index is 1.24. The summed E-state index contributed by atoms with van der Waals surface area (Å²) in [4.78, 5) is 17.3. The van der Waals surface area contributed by atoms with Gasteiger partial charge in [-0.1, -0.05) is 36.4 Å². The molecule has 1 amide bonds. The molecular formula is C25H24N6O. The van der Waals surface area contributed by atoms with Gasteiger partial charge in [-0.2, -0.15) is 10.2 Å². The number of carbonyl (C=O) groups is 1. The molecule has 0 radical (unpaired) electrons. The zero-order chi connectivity index (χ0) is 22.1. The second-order valence-electron chi connectivity index (χ2n) is 7.96. The Morgan fingerprint density at radius 2 is 1.88 bits per heavy atom. The van der Waals surface area contributed by atoms with Crippen LogP contribution in [-0.4, -0.2) is 30.7 Å². The molecule has 0 aliphatic carbocycles. The maximum absolute atomic E-state index is 12.5. The lowest BCUT2D eigenvalue weighted by molar-refractivity contribution is -0.121. The number of rotatable bonds is 6. The molecule has 0 aliphatic heterocycles. The Kier molecular flexibility index (Phi) is 5.15. The van der Waals surface area contributed by atoms with E-state index in [1.165, 1.54) is 0 Å². The molecule has 0 bridgehead atoms. The first-order valence-electron chi connectivity index (χ1n) is 10.7. The lowest BCUT2D eigenvalue weighted by Gasteiger charge is -2.11. The van der Waals surface area contributed by atoms with E-state index in [2.05, 4.69) is 15.5 Å². The Hall–Kier alpha value is -4.00. The smallest absolute Gasteiger partial charge is 0.220 e. The molecule has 32 heavy (non-hydrogen) atoms. The lowest BCUT2D eigenvalue weighted by Crippen LogP contribution is -2.23. The molecule has 7 nitrogen and oxygen atoms in total. The maximum atomic E-state index is 12.5. The fourth-order valence-electron chi connectivity index (χ4n) is 4.08. The molecule has 5 aromatic rings. The molecule has 3 heterocycles.